The summed E-state index contributed by atoms with van der Waals surface area (Å²) in [7, 11) is 0. The first-order valence-corrected chi connectivity index (χ1v) is 7.09. The molecule has 6 heteroatoms. The summed E-state index contributed by atoms with van der Waals surface area (Å²) in [6.45, 7) is -0.249. The Morgan fingerprint density at radius 3 is 2.35 bits per heavy atom. The second kappa shape index (κ2) is 7.58. The van der Waals surface area contributed by atoms with Gasteiger partial charge in [-0.1, -0.05) is 29.8 Å². The van der Waals surface area contributed by atoms with Gasteiger partial charge in [-0.05, 0) is 30.3 Å². The highest BCUT2D eigenvalue weighted by Gasteiger charge is 2.13. The highest BCUT2D eigenvalue weighted by Crippen LogP contribution is 2.18. The molecule has 5 nitrogen and oxygen atoms in total. The fraction of sp³-hybridized carbons (Fsp3) is 0.0588. The molecule has 2 aromatic carbocycles. The highest BCUT2D eigenvalue weighted by molar-refractivity contribution is 6.30. The van der Waals surface area contributed by atoms with E-state index in [0.717, 1.165) is 6.08 Å². The number of nitrogens with one attached hydrogen (secondary N) is 1. The molecule has 0 radical (unpaired) electrons. The maximum atomic E-state index is 12.1. The second-order valence-corrected chi connectivity index (χ2v) is 5.11. The molecule has 2 aromatic rings. The third-order valence-electron chi connectivity index (χ3n) is 3.09. The van der Waals surface area contributed by atoms with E-state index in [1.54, 1.807) is 36.4 Å². The van der Waals surface area contributed by atoms with Crippen LogP contribution >= 0.6 is 11.6 Å². The normalized spacial score (nSPS) is 11.1. The number of hydrogen-bond acceptors (Lipinski definition) is 4. The van der Waals surface area contributed by atoms with Crippen LogP contribution in [0.2, 0.25) is 5.02 Å². The van der Waals surface area contributed by atoms with Crippen LogP contribution in [0.3, 0.4) is 0 Å². The molecule has 118 valence electrons. The van der Waals surface area contributed by atoms with Crippen LogP contribution in [0, 0.1) is 0 Å². The molecule has 0 spiro atoms. The maximum Gasteiger partial charge on any atom is 0.352 e. The minimum Gasteiger partial charge on any atom is -0.477 e. The average Bonchev–Trinajstić information content (AvgIpc) is 2.55. The number of rotatable bonds is 6. The van der Waals surface area contributed by atoms with E-state index in [4.69, 9.17) is 11.6 Å². The first-order valence-electron chi connectivity index (χ1n) is 6.72. The smallest absolute Gasteiger partial charge is 0.352 e. The summed E-state index contributed by atoms with van der Waals surface area (Å²) in [5, 5.41) is 21.7. The van der Waals surface area contributed by atoms with Crippen molar-refractivity contribution in [3.63, 3.8) is 0 Å². The van der Waals surface area contributed by atoms with Crippen molar-refractivity contribution in [1.82, 2.24) is 0 Å². The number of aliphatic carboxylic acids is 1. The summed E-state index contributed by atoms with van der Waals surface area (Å²) in [5.41, 5.74) is 0.988. The Bertz CT molecular complexity index is 753. The van der Waals surface area contributed by atoms with Gasteiger partial charge < -0.3 is 15.5 Å². The van der Waals surface area contributed by atoms with Gasteiger partial charge in [-0.25, -0.2) is 4.79 Å². The van der Waals surface area contributed by atoms with Gasteiger partial charge in [-0.15, -0.1) is 0 Å². The molecular formula is C17H14ClNO4. The molecule has 0 fully saturated rings. The lowest BCUT2D eigenvalue weighted by molar-refractivity contribution is -0.132. The summed E-state index contributed by atoms with van der Waals surface area (Å²) in [4.78, 5) is 23.5. The number of ketones is 1. The van der Waals surface area contributed by atoms with Crippen molar-refractivity contribution >= 4 is 29.0 Å². The topological polar surface area (TPSA) is 86.6 Å². The number of hydrogen-bond donors (Lipinski definition) is 3. The van der Waals surface area contributed by atoms with Gasteiger partial charge in [0.1, 0.15) is 5.70 Å². The fourth-order valence-electron chi connectivity index (χ4n) is 1.91. The van der Waals surface area contributed by atoms with Gasteiger partial charge in [0.05, 0.1) is 6.61 Å². The average molecular weight is 332 g/mol. The van der Waals surface area contributed by atoms with Crippen molar-refractivity contribution < 1.29 is 19.8 Å². The van der Waals surface area contributed by atoms with E-state index in [-0.39, 0.29) is 12.3 Å². The van der Waals surface area contributed by atoms with Crippen molar-refractivity contribution in [1.29, 1.82) is 0 Å². The first-order chi connectivity index (χ1) is 11.0. The number of carboxylic acid groups (broad SMARTS) is 1. The molecule has 0 amide bonds. The fourth-order valence-corrected chi connectivity index (χ4v) is 2.03. The minimum atomic E-state index is -1.28. The van der Waals surface area contributed by atoms with Gasteiger partial charge in [0, 0.05) is 27.9 Å². The monoisotopic (exact) mass is 331 g/mol. The van der Waals surface area contributed by atoms with E-state index < -0.39 is 11.8 Å². The van der Waals surface area contributed by atoms with Crippen LogP contribution in [-0.4, -0.2) is 22.0 Å². The van der Waals surface area contributed by atoms with Crippen LogP contribution < -0.4 is 5.32 Å². The third kappa shape index (κ3) is 4.42. The zero-order valence-electron chi connectivity index (χ0n) is 12.0. The number of para-hydroxylation sites is 1. The van der Waals surface area contributed by atoms with Crippen molar-refractivity contribution in [3.05, 3.63) is 76.5 Å². The number of aliphatic hydroxyl groups is 1. The molecule has 3 N–H and O–H groups in total. The Hall–Kier alpha value is -2.63. The number of carboxylic acids is 1. The molecule has 0 unspecified atom stereocenters. The van der Waals surface area contributed by atoms with Crippen LogP contribution in [0.25, 0.3) is 0 Å². The number of carbonyl (C=O) groups is 2. The lowest BCUT2D eigenvalue weighted by atomic mass is 10.1. The molecule has 2 rings (SSSR count). The van der Waals surface area contributed by atoms with E-state index in [1.165, 1.54) is 12.1 Å². The van der Waals surface area contributed by atoms with Crippen molar-refractivity contribution in [2.45, 2.75) is 6.61 Å². The summed E-state index contributed by atoms with van der Waals surface area (Å²) >= 11 is 5.76. The van der Waals surface area contributed by atoms with Crippen LogP contribution in [-0.2, 0) is 11.4 Å². The van der Waals surface area contributed by atoms with E-state index in [1.807, 2.05) is 0 Å². The standard InChI is InChI=1S/C17H14ClNO4/c18-13-7-5-11(6-8-13)16(21)9-15(17(22)23)19-14-4-2-1-3-12(14)10-20/h1-9,19-20H,10H2,(H,22,23)/b15-9-. The van der Waals surface area contributed by atoms with Crippen LogP contribution in [0.1, 0.15) is 15.9 Å². The SMILES string of the molecule is O=C(O)/C(=C/C(=O)c1ccc(Cl)cc1)Nc1ccccc1CO. The Balaban J connectivity index is 2.29. The molecule has 0 aliphatic heterocycles. The molecule has 0 aliphatic carbocycles. The number of aliphatic hydroxyl groups excluding tert-OH is 1. The van der Waals surface area contributed by atoms with E-state index in [9.17, 15) is 19.8 Å². The Morgan fingerprint density at radius 2 is 1.74 bits per heavy atom. The number of benzene rings is 2. The van der Waals surface area contributed by atoms with Gasteiger partial charge in [-0.3, -0.25) is 4.79 Å². The third-order valence-corrected chi connectivity index (χ3v) is 3.34. The maximum absolute atomic E-state index is 12.1. The van der Waals surface area contributed by atoms with Crippen molar-refractivity contribution in [2.24, 2.45) is 0 Å². The second-order valence-electron chi connectivity index (χ2n) is 4.67. The van der Waals surface area contributed by atoms with Crippen LogP contribution in [0.4, 0.5) is 5.69 Å². The van der Waals surface area contributed by atoms with E-state index in [0.29, 0.717) is 21.8 Å². The van der Waals surface area contributed by atoms with Gasteiger partial charge in [0.2, 0.25) is 0 Å². The summed E-state index contributed by atoms with van der Waals surface area (Å²) in [6.07, 6.45) is 1.000. The van der Waals surface area contributed by atoms with Crippen LogP contribution in [0.5, 0.6) is 0 Å². The molecule has 0 aromatic heterocycles. The van der Waals surface area contributed by atoms with Crippen molar-refractivity contribution in [3.8, 4) is 0 Å². The van der Waals surface area contributed by atoms with E-state index >= 15 is 0 Å². The molecular weight excluding hydrogens is 318 g/mol. The summed E-state index contributed by atoms with van der Waals surface area (Å²) < 4.78 is 0. The minimum absolute atomic E-state index is 0.249. The first kappa shape index (κ1) is 16.7. The molecule has 0 aliphatic rings. The van der Waals surface area contributed by atoms with E-state index in [2.05, 4.69) is 5.32 Å². The Kier molecular flexibility index (Phi) is 5.51. The van der Waals surface area contributed by atoms with Gasteiger partial charge >= 0.3 is 5.97 Å². The molecule has 0 bridgehead atoms. The zero-order valence-corrected chi connectivity index (χ0v) is 12.7. The van der Waals surface area contributed by atoms with Crippen LogP contribution in [0.15, 0.2) is 60.3 Å². The van der Waals surface area contributed by atoms with Gasteiger partial charge in [0.25, 0.3) is 0 Å². The largest absolute Gasteiger partial charge is 0.477 e. The molecule has 0 atom stereocenters. The lowest BCUT2D eigenvalue weighted by Gasteiger charge is -2.10. The summed E-state index contributed by atoms with van der Waals surface area (Å²) in [5.74, 6) is -1.74. The van der Waals surface area contributed by atoms with Crippen molar-refractivity contribution in [2.75, 3.05) is 5.32 Å². The Labute approximate surface area is 137 Å². The number of allylic oxidation sites excluding steroid dienone is 1. The number of carbonyl (C=O) groups excluding carboxylic acids is 1. The van der Waals surface area contributed by atoms with Gasteiger partial charge in [0.15, 0.2) is 5.78 Å². The predicted octanol–water partition coefficient (Wildman–Crippen LogP) is 3.10. The Morgan fingerprint density at radius 1 is 1.09 bits per heavy atom. The quantitative estimate of drug-likeness (QED) is 0.559. The highest BCUT2D eigenvalue weighted by atomic mass is 35.5. The molecule has 23 heavy (non-hydrogen) atoms. The summed E-state index contributed by atoms with van der Waals surface area (Å²) in [6, 6.07) is 12.8. The predicted molar refractivity (Wildman–Crippen MR) is 87.5 cm³/mol. The number of anilines is 1. The number of halogens is 1. The lowest BCUT2D eigenvalue weighted by Crippen LogP contribution is -2.14. The zero-order chi connectivity index (χ0) is 16.8. The molecule has 0 heterocycles. The van der Waals surface area contributed by atoms with Gasteiger partial charge in [-0.2, -0.15) is 0 Å². The molecule has 0 saturated heterocycles. The molecule has 0 saturated carbocycles.